The molecule has 1 unspecified atom stereocenters. The van der Waals surface area contributed by atoms with E-state index in [1.54, 1.807) is 4.90 Å². The number of aromatic amines is 1. The Morgan fingerprint density at radius 3 is 2.95 bits per heavy atom. The second-order valence-corrected chi connectivity index (χ2v) is 4.74. The van der Waals surface area contributed by atoms with Gasteiger partial charge in [0.05, 0.1) is 0 Å². The van der Waals surface area contributed by atoms with Gasteiger partial charge in [-0.25, -0.2) is 4.98 Å². The number of piperidine rings is 1. The largest absolute Gasteiger partial charge is 0.358 e. The summed E-state index contributed by atoms with van der Waals surface area (Å²) in [5, 5.41) is 10.6. The van der Waals surface area contributed by atoms with E-state index in [2.05, 4.69) is 4.98 Å². The Morgan fingerprint density at radius 2 is 2.32 bits per heavy atom. The lowest BCUT2D eigenvalue weighted by Crippen LogP contribution is -2.44. The van der Waals surface area contributed by atoms with Gasteiger partial charge in [-0.1, -0.05) is 0 Å². The van der Waals surface area contributed by atoms with Crippen LogP contribution in [0.25, 0.3) is 0 Å². The van der Waals surface area contributed by atoms with Crippen molar-refractivity contribution in [2.24, 2.45) is 5.73 Å². The molecule has 0 radical (unpaired) electrons. The van der Waals surface area contributed by atoms with Gasteiger partial charge in [0.2, 0.25) is 0 Å². The van der Waals surface area contributed by atoms with Crippen LogP contribution in [0, 0.1) is 10.1 Å². The second kappa shape index (κ2) is 5.83. The number of nitrogens with zero attached hydrogens (tertiary/aromatic N) is 2. The van der Waals surface area contributed by atoms with Crippen molar-refractivity contribution in [3.63, 3.8) is 0 Å². The van der Waals surface area contributed by atoms with Crippen molar-refractivity contribution in [1.82, 2.24) is 9.88 Å². The number of nitrogens with two attached hydrogens (primary N) is 1. The van der Waals surface area contributed by atoms with Crippen molar-refractivity contribution in [3.05, 3.63) is 27.9 Å². The lowest BCUT2D eigenvalue weighted by atomic mass is 9.99. The highest BCUT2D eigenvalue weighted by atomic mass is 16.6. The molecule has 0 aromatic carbocycles. The Hall–Kier alpha value is -1.89. The third kappa shape index (κ3) is 2.93. The number of nitro groups is 1. The minimum Gasteiger partial charge on any atom is -0.358 e. The standard InChI is InChI=1S/C12H18N4O3/c13-7-6-9-3-1-2-8-15(9)12(17)10-4-5-11(14-10)16(18)19/h4-5,9,14H,1-3,6-8,13H2. The maximum atomic E-state index is 12.4. The normalized spacial score (nSPS) is 19.4. The molecule has 0 spiro atoms. The van der Waals surface area contributed by atoms with E-state index in [1.807, 2.05) is 0 Å². The van der Waals surface area contributed by atoms with Gasteiger partial charge in [0.25, 0.3) is 5.91 Å². The van der Waals surface area contributed by atoms with Gasteiger partial charge < -0.3 is 20.7 Å². The molecule has 104 valence electrons. The predicted molar refractivity (Wildman–Crippen MR) is 69.8 cm³/mol. The van der Waals surface area contributed by atoms with E-state index in [-0.39, 0.29) is 23.5 Å². The Morgan fingerprint density at radius 1 is 1.53 bits per heavy atom. The van der Waals surface area contributed by atoms with Crippen LogP contribution in [0.5, 0.6) is 0 Å². The number of rotatable bonds is 4. The molecule has 1 amide bonds. The average Bonchev–Trinajstić information content (AvgIpc) is 2.89. The van der Waals surface area contributed by atoms with Gasteiger partial charge in [-0.2, -0.15) is 0 Å². The van der Waals surface area contributed by atoms with Gasteiger partial charge in [-0.15, -0.1) is 0 Å². The fourth-order valence-corrected chi connectivity index (χ4v) is 2.53. The van der Waals surface area contributed by atoms with E-state index in [1.165, 1.54) is 12.1 Å². The van der Waals surface area contributed by atoms with Gasteiger partial charge in [-0.05, 0) is 43.2 Å². The summed E-state index contributed by atoms with van der Waals surface area (Å²) in [6.07, 6.45) is 3.79. The molecule has 3 N–H and O–H groups in total. The summed E-state index contributed by atoms with van der Waals surface area (Å²) in [5.74, 6) is -0.331. The number of aromatic nitrogens is 1. The third-order valence-electron chi connectivity index (χ3n) is 3.49. The van der Waals surface area contributed by atoms with Crippen molar-refractivity contribution in [1.29, 1.82) is 0 Å². The van der Waals surface area contributed by atoms with Crippen LogP contribution in [0.1, 0.15) is 36.2 Å². The molecule has 1 fully saturated rings. The molecule has 1 atom stereocenters. The highest BCUT2D eigenvalue weighted by molar-refractivity contribution is 5.93. The average molecular weight is 266 g/mol. The topological polar surface area (TPSA) is 105 Å². The summed E-state index contributed by atoms with van der Waals surface area (Å²) < 4.78 is 0. The first kappa shape index (κ1) is 13.5. The predicted octanol–water partition coefficient (Wildman–Crippen LogP) is 1.27. The van der Waals surface area contributed by atoms with Crippen LogP contribution < -0.4 is 5.73 Å². The Bertz CT molecular complexity index is 469. The van der Waals surface area contributed by atoms with Crippen LogP contribution in [0.3, 0.4) is 0 Å². The Labute approximate surface area is 110 Å². The summed E-state index contributed by atoms with van der Waals surface area (Å²) >= 11 is 0. The monoisotopic (exact) mass is 266 g/mol. The number of H-pyrrole nitrogens is 1. The number of hydrogen-bond acceptors (Lipinski definition) is 4. The number of nitrogens with one attached hydrogen (secondary N) is 1. The smallest absolute Gasteiger partial charge is 0.321 e. The van der Waals surface area contributed by atoms with Crippen molar-refractivity contribution in [3.8, 4) is 0 Å². The summed E-state index contributed by atoms with van der Waals surface area (Å²) in [4.78, 5) is 26.8. The van der Waals surface area contributed by atoms with E-state index >= 15 is 0 Å². The quantitative estimate of drug-likeness (QED) is 0.632. The molecule has 2 rings (SSSR count). The van der Waals surface area contributed by atoms with Crippen LogP contribution in [0.15, 0.2) is 12.1 Å². The summed E-state index contributed by atoms with van der Waals surface area (Å²) in [6, 6.07) is 2.93. The highest BCUT2D eigenvalue weighted by Gasteiger charge is 2.29. The molecular weight excluding hydrogens is 248 g/mol. The zero-order valence-electron chi connectivity index (χ0n) is 10.7. The summed E-state index contributed by atoms with van der Waals surface area (Å²) in [6.45, 7) is 1.23. The van der Waals surface area contributed by atoms with Crippen molar-refractivity contribution in [2.75, 3.05) is 13.1 Å². The third-order valence-corrected chi connectivity index (χ3v) is 3.49. The first-order valence-corrected chi connectivity index (χ1v) is 6.48. The minimum atomic E-state index is -0.537. The molecule has 7 nitrogen and oxygen atoms in total. The van der Waals surface area contributed by atoms with Crippen LogP contribution in [0.4, 0.5) is 5.82 Å². The lowest BCUT2D eigenvalue weighted by Gasteiger charge is -2.34. The molecule has 0 bridgehead atoms. The number of carbonyl (C=O) groups is 1. The van der Waals surface area contributed by atoms with E-state index in [9.17, 15) is 14.9 Å². The van der Waals surface area contributed by atoms with E-state index in [0.29, 0.717) is 13.1 Å². The molecule has 2 heterocycles. The van der Waals surface area contributed by atoms with Gasteiger partial charge in [0, 0.05) is 18.7 Å². The van der Waals surface area contributed by atoms with Crippen molar-refractivity contribution >= 4 is 11.7 Å². The summed E-state index contributed by atoms with van der Waals surface area (Å²) in [7, 11) is 0. The van der Waals surface area contributed by atoms with Crippen molar-refractivity contribution in [2.45, 2.75) is 31.7 Å². The fraction of sp³-hybridized carbons (Fsp3) is 0.583. The zero-order chi connectivity index (χ0) is 13.8. The van der Waals surface area contributed by atoms with E-state index in [4.69, 9.17) is 5.73 Å². The van der Waals surface area contributed by atoms with Gasteiger partial charge in [-0.3, -0.25) is 4.79 Å². The first-order chi connectivity index (χ1) is 9.13. The van der Waals surface area contributed by atoms with Crippen LogP contribution in [0.2, 0.25) is 0 Å². The number of likely N-dealkylation sites (tertiary alicyclic amines) is 1. The molecule has 1 aliphatic rings. The number of amides is 1. The van der Waals surface area contributed by atoms with Gasteiger partial charge in [0.1, 0.15) is 0 Å². The maximum absolute atomic E-state index is 12.4. The molecule has 0 aliphatic carbocycles. The maximum Gasteiger partial charge on any atom is 0.321 e. The van der Waals surface area contributed by atoms with Gasteiger partial charge in [0.15, 0.2) is 5.69 Å². The first-order valence-electron chi connectivity index (χ1n) is 6.48. The minimum absolute atomic E-state index is 0.147. The molecule has 19 heavy (non-hydrogen) atoms. The second-order valence-electron chi connectivity index (χ2n) is 4.74. The highest BCUT2D eigenvalue weighted by Crippen LogP contribution is 2.22. The van der Waals surface area contributed by atoms with Crippen LogP contribution >= 0.6 is 0 Å². The Balaban J connectivity index is 2.13. The molecule has 1 saturated heterocycles. The zero-order valence-corrected chi connectivity index (χ0v) is 10.7. The molecule has 1 aromatic rings. The molecule has 0 saturated carbocycles. The molecule has 7 heteroatoms. The fourth-order valence-electron chi connectivity index (χ4n) is 2.53. The molecule has 1 aromatic heterocycles. The number of carbonyl (C=O) groups excluding carboxylic acids is 1. The molecule has 1 aliphatic heterocycles. The van der Waals surface area contributed by atoms with Gasteiger partial charge >= 0.3 is 5.82 Å². The number of hydrogen-bond donors (Lipinski definition) is 2. The summed E-state index contributed by atoms with van der Waals surface area (Å²) in [5.41, 5.74) is 5.84. The Kier molecular flexibility index (Phi) is 4.16. The van der Waals surface area contributed by atoms with Crippen LogP contribution in [-0.2, 0) is 0 Å². The van der Waals surface area contributed by atoms with Crippen molar-refractivity contribution < 1.29 is 9.72 Å². The lowest BCUT2D eigenvalue weighted by molar-refractivity contribution is -0.389. The molecular formula is C12H18N4O3. The SMILES string of the molecule is NCCC1CCCCN1C(=O)c1ccc([N+](=O)[O-])[nH]1. The van der Waals surface area contributed by atoms with E-state index in [0.717, 1.165) is 25.7 Å². The van der Waals surface area contributed by atoms with Crippen LogP contribution in [-0.4, -0.2) is 39.8 Å². The van der Waals surface area contributed by atoms with E-state index < -0.39 is 4.92 Å².